The van der Waals surface area contributed by atoms with Gasteiger partial charge < -0.3 is 4.74 Å². The third-order valence-electron chi connectivity index (χ3n) is 13.0. The van der Waals surface area contributed by atoms with E-state index in [-0.39, 0.29) is 0 Å². The zero-order valence-corrected chi connectivity index (χ0v) is 37.0. The average molecular weight is 732 g/mol. The van der Waals surface area contributed by atoms with E-state index in [1.807, 2.05) is 0 Å². The van der Waals surface area contributed by atoms with E-state index in [2.05, 4.69) is 32.6 Å². The van der Waals surface area contributed by atoms with Crippen LogP contribution < -0.4 is 0 Å². The molecular weight excluding hydrogens is 631 g/mol. The first-order valence-electron chi connectivity index (χ1n) is 25.0. The van der Waals surface area contributed by atoms with Gasteiger partial charge in [0.15, 0.2) is 0 Å². The molecule has 0 amide bonds. The van der Waals surface area contributed by atoms with E-state index in [4.69, 9.17) is 4.74 Å². The highest BCUT2D eigenvalue weighted by atomic mass is 16.5. The lowest BCUT2D eigenvalue weighted by atomic mass is 9.89. The molecule has 1 heterocycles. The summed E-state index contributed by atoms with van der Waals surface area (Å²) >= 11 is 0. The van der Waals surface area contributed by atoms with Gasteiger partial charge in [0.1, 0.15) is 0 Å². The van der Waals surface area contributed by atoms with Gasteiger partial charge >= 0.3 is 0 Å². The Morgan fingerprint density at radius 2 is 0.538 bits per heavy atom. The number of unbranched alkanes of at least 4 members (excludes halogenated alkanes) is 22. The van der Waals surface area contributed by atoms with Crippen molar-refractivity contribution in [2.45, 2.75) is 272 Å². The first-order chi connectivity index (χ1) is 25.7. The minimum Gasteiger partial charge on any atom is -0.379 e. The molecule has 0 spiro atoms. The van der Waals surface area contributed by atoms with E-state index in [9.17, 15) is 0 Å². The quantitative estimate of drug-likeness (QED) is 0.0580. The van der Waals surface area contributed by atoms with Crippen LogP contribution in [0.1, 0.15) is 272 Å². The standard InChI is InChI=1S/C50H101NO/c1-5-9-24-34-48(35-25-10-6-2)38-28-19-15-13-17-21-30-40-50(42-32-23-33-43-51-44-46-52-47-45-51)41-31-22-18-14-16-20-29-39-49(36-26-11-7-3)37-27-12-8-4/h48-50H,5-47H2,1-4H3. The Labute approximate surface area is 330 Å². The van der Waals surface area contributed by atoms with Crippen molar-refractivity contribution in [1.29, 1.82) is 0 Å². The zero-order chi connectivity index (χ0) is 37.4. The Hall–Kier alpha value is -0.0800. The number of morpholine rings is 1. The van der Waals surface area contributed by atoms with E-state index < -0.39 is 0 Å². The SMILES string of the molecule is CCCCCC(CCCCC)CCCCCCCCCC(CCCCCCCCCC(CCCCC)CCCCC)CCCCCN1CCOCC1. The van der Waals surface area contributed by atoms with Crippen LogP contribution >= 0.6 is 0 Å². The van der Waals surface area contributed by atoms with Gasteiger partial charge in [-0.25, -0.2) is 0 Å². The van der Waals surface area contributed by atoms with E-state index in [1.165, 1.54) is 251 Å². The van der Waals surface area contributed by atoms with Crippen LogP contribution in [0.15, 0.2) is 0 Å². The molecule has 1 rings (SSSR count). The van der Waals surface area contributed by atoms with Crippen LogP contribution in [-0.4, -0.2) is 37.7 Å². The highest BCUT2D eigenvalue weighted by molar-refractivity contribution is 4.66. The van der Waals surface area contributed by atoms with Crippen LogP contribution in [-0.2, 0) is 4.74 Å². The highest BCUT2D eigenvalue weighted by Crippen LogP contribution is 2.27. The monoisotopic (exact) mass is 732 g/mol. The Balaban J connectivity index is 2.23. The first-order valence-corrected chi connectivity index (χ1v) is 25.0. The van der Waals surface area contributed by atoms with Gasteiger partial charge in [-0.15, -0.1) is 0 Å². The molecular formula is C50H101NO. The maximum atomic E-state index is 5.55. The number of hydrogen-bond donors (Lipinski definition) is 0. The molecule has 0 atom stereocenters. The van der Waals surface area contributed by atoms with E-state index >= 15 is 0 Å². The molecule has 1 aliphatic rings. The van der Waals surface area contributed by atoms with Gasteiger partial charge in [0.25, 0.3) is 0 Å². The van der Waals surface area contributed by atoms with Crippen LogP contribution in [0.4, 0.5) is 0 Å². The third kappa shape index (κ3) is 33.3. The van der Waals surface area contributed by atoms with Crippen LogP contribution in [0.25, 0.3) is 0 Å². The second kappa shape index (κ2) is 40.6. The van der Waals surface area contributed by atoms with E-state index in [1.54, 1.807) is 0 Å². The summed E-state index contributed by atoms with van der Waals surface area (Å²) in [6, 6.07) is 0. The van der Waals surface area contributed by atoms with E-state index in [0.29, 0.717) is 0 Å². The maximum absolute atomic E-state index is 5.55. The van der Waals surface area contributed by atoms with Gasteiger partial charge in [0, 0.05) is 13.1 Å². The molecule has 52 heavy (non-hydrogen) atoms. The van der Waals surface area contributed by atoms with E-state index in [0.717, 1.165) is 44.1 Å². The van der Waals surface area contributed by atoms with Crippen molar-refractivity contribution < 1.29 is 4.74 Å². The summed E-state index contributed by atoms with van der Waals surface area (Å²) in [5.41, 5.74) is 0. The number of rotatable bonds is 42. The number of hydrogen-bond acceptors (Lipinski definition) is 2. The summed E-state index contributed by atoms with van der Waals surface area (Å²) in [5, 5.41) is 0. The second-order valence-corrected chi connectivity index (χ2v) is 18.0. The van der Waals surface area contributed by atoms with Gasteiger partial charge in [-0.2, -0.15) is 0 Å². The summed E-state index contributed by atoms with van der Waals surface area (Å²) in [6.45, 7) is 14.9. The molecule has 0 N–H and O–H groups in total. The minimum atomic E-state index is 0.944. The predicted molar refractivity (Wildman–Crippen MR) is 236 cm³/mol. The molecule has 0 radical (unpaired) electrons. The van der Waals surface area contributed by atoms with Crippen LogP contribution in [0.3, 0.4) is 0 Å². The summed E-state index contributed by atoms with van der Waals surface area (Å²) < 4.78 is 5.55. The van der Waals surface area contributed by atoms with Crippen molar-refractivity contribution in [3.63, 3.8) is 0 Å². The molecule has 1 saturated heterocycles. The molecule has 2 heteroatoms. The lowest BCUT2D eigenvalue weighted by Gasteiger charge is -2.26. The summed E-state index contributed by atoms with van der Waals surface area (Å²) in [4.78, 5) is 2.63. The Morgan fingerprint density at radius 3 is 0.808 bits per heavy atom. The van der Waals surface area contributed by atoms with Crippen molar-refractivity contribution >= 4 is 0 Å². The highest BCUT2D eigenvalue weighted by Gasteiger charge is 2.13. The number of nitrogens with zero attached hydrogens (tertiary/aromatic N) is 1. The Kier molecular flexibility index (Phi) is 39.0. The third-order valence-corrected chi connectivity index (χ3v) is 13.0. The molecule has 0 unspecified atom stereocenters. The van der Waals surface area contributed by atoms with Crippen molar-refractivity contribution in [1.82, 2.24) is 4.90 Å². The number of ether oxygens (including phenoxy) is 1. The van der Waals surface area contributed by atoms with Crippen molar-refractivity contribution in [2.75, 3.05) is 32.8 Å². The van der Waals surface area contributed by atoms with Crippen molar-refractivity contribution in [3.05, 3.63) is 0 Å². The lowest BCUT2D eigenvalue weighted by Crippen LogP contribution is -2.36. The molecule has 1 aliphatic heterocycles. The first kappa shape index (κ1) is 49.9. The van der Waals surface area contributed by atoms with Gasteiger partial charge in [0.2, 0.25) is 0 Å². The Morgan fingerprint density at radius 1 is 0.308 bits per heavy atom. The molecule has 2 nitrogen and oxygen atoms in total. The Bertz CT molecular complexity index is 597. The molecule has 0 saturated carbocycles. The van der Waals surface area contributed by atoms with Crippen LogP contribution in [0, 0.1) is 17.8 Å². The van der Waals surface area contributed by atoms with Gasteiger partial charge in [-0.05, 0) is 30.7 Å². The molecule has 1 fully saturated rings. The van der Waals surface area contributed by atoms with Gasteiger partial charge in [0.05, 0.1) is 13.2 Å². The smallest absolute Gasteiger partial charge is 0.0594 e. The zero-order valence-electron chi connectivity index (χ0n) is 37.0. The van der Waals surface area contributed by atoms with Gasteiger partial charge in [-0.1, -0.05) is 265 Å². The fraction of sp³-hybridized carbons (Fsp3) is 1.00. The molecule has 312 valence electrons. The molecule has 0 aromatic heterocycles. The molecule has 0 aromatic rings. The van der Waals surface area contributed by atoms with Crippen LogP contribution in [0.2, 0.25) is 0 Å². The normalized spacial score (nSPS) is 14.1. The predicted octanol–water partition coefficient (Wildman–Crippen LogP) is 17.1. The topological polar surface area (TPSA) is 12.5 Å². The summed E-state index contributed by atoms with van der Waals surface area (Å²) in [5.74, 6) is 3.05. The maximum Gasteiger partial charge on any atom is 0.0594 e. The second-order valence-electron chi connectivity index (χ2n) is 18.0. The summed E-state index contributed by atoms with van der Waals surface area (Å²) in [7, 11) is 0. The van der Waals surface area contributed by atoms with Crippen molar-refractivity contribution in [2.24, 2.45) is 17.8 Å². The van der Waals surface area contributed by atoms with Crippen molar-refractivity contribution in [3.8, 4) is 0 Å². The lowest BCUT2D eigenvalue weighted by molar-refractivity contribution is 0.0371. The minimum absolute atomic E-state index is 0.944. The largest absolute Gasteiger partial charge is 0.379 e. The molecule has 0 aromatic carbocycles. The molecule has 0 aliphatic carbocycles. The summed E-state index contributed by atoms with van der Waals surface area (Å²) in [6.07, 6.45) is 55.9. The van der Waals surface area contributed by atoms with Crippen LogP contribution in [0.5, 0.6) is 0 Å². The van der Waals surface area contributed by atoms with Gasteiger partial charge in [-0.3, -0.25) is 4.90 Å². The fourth-order valence-electron chi connectivity index (χ4n) is 9.30. The fourth-order valence-corrected chi connectivity index (χ4v) is 9.30. The molecule has 0 bridgehead atoms. The average Bonchev–Trinajstić information content (AvgIpc) is 3.16.